The molecule has 5 rings (SSSR count). The van der Waals surface area contributed by atoms with Gasteiger partial charge in [-0.25, -0.2) is 4.79 Å². The molecule has 0 N–H and O–H groups in total. The summed E-state index contributed by atoms with van der Waals surface area (Å²) in [5.41, 5.74) is 0.00780. The maximum absolute atomic E-state index is 12.4. The summed E-state index contributed by atoms with van der Waals surface area (Å²) in [4.78, 5) is 24.3. The maximum Gasteiger partial charge on any atom is 0.345 e. The van der Waals surface area contributed by atoms with Gasteiger partial charge < -0.3 is 9.47 Å². The zero-order chi connectivity index (χ0) is 25.4. The van der Waals surface area contributed by atoms with Gasteiger partial charge in [0.2, 0.25) is 0 Å². The molecule has 0 amide bonds. The Hall–Kier alpha value is -3.92. The van der Waals surface area contributed by atoms with Crippen LogP contribution in [0.2, 0.25) is 0 Å². The highest BCUT2D eigenvalue weighted by atomic mass is 16.6. The van der Waals surface area contributed by atoms with Crippen LogP contribution in [0.1, 0.15) is 39.7 Å². The Balaban J connectivity index is 1.44. The van der Waals surface area contributed by atoms with E-state index in [0.29, 0.717) is 6.42 Å². The van der Waals surface area contributed by atoms with Crippen LogP contribution in [-0.4, -0.2) is 18.5 Å². The van der Waals surface area contributed by atoms with Gasteiger partial charge in [0.05, 0.1) is 5.92 Å². The monoisotopic (exact) mass is 478 g/mol. The van der Waals surface area contributed by atoms with Crippen molar-refractivity contribution in [2.24, 2.45) is 5.92 Å². The SMILES string of the molecule is CCC(C)C(=O)OCC(=O)OC(C)(C)c1ccc2cc3cc4cc5ccccc5cc4cc3cc2c1. The van der Waals surface area contributed by atoms with Crippen LogP contribution in [0.4, 0.5) is 0 Å². The van der Waals surface area contributed by atoms with Gasteiger partial charge in [0.1, 0.15) is 5.60 Å². The van der Waals surface area contributed by atoms with Crippen molar-refractivity contribution in [3.8, 4) is 0 Å². The van der Waals surface area contributed by atoms with E-state index in [1.54, 1.807) is 6.92 Å². The highest BCUT2D eigenvalue weighted by molar-refractivity contribution is 6.08. The minimum atomic E-state index is -0.870. The Morgan fingerprint density at radius 3 is 1.72 bits per heavy atom. The summed E-state index contributed by atoms with van der Waals surface area (Å²) < 4.78 is 10.8. The number of ether oxygens (including phenoxy) is 2. The van der Waals surface area contributed by atoms with Gasteiger partial charge in [0.15, 0.2) is 6.61 Å². The second-order valence-electron chi connectivity index (χ2n) is 10.1. The van der Waals surface area contributed by atoms with Crippen molar-refractivity contribution < 1.29 is 19.1 Å². The lowest BCUT2D eigenvalue weighted by molar-refractivity contribution is -0.169. The van der Waals surface area contributed by atoms with Gasteiger partial charge >= 0.3 is 11.9 Å². The summed E-state index contributed by atoms with van der Waals surface area (Å²) in [5, 5.41) is 9.44. The molecule has 182 valence electrons. The van der Waals surface area contributed by atoms with Crippen LogP contribution in [0.3, 0.4) is 0 Å². The van der Waals surface area contributed by atoms with Crippen molar-refractivity contribution in [2.45, 2.75) is 39.7 Å². The third-order valence-corrected chi connectivity index (χ3v) is 7.03. The molecule has 0 aliphatic rings. The van der Waals surface area contributed by atoms with Crippen molar-refractivity contribution in [3.63, 3.8) is 0 Å². The van der Waals surface area contributed by atoms with E-state index in [1.807, 2.05) is 26.8 Å². The molecule has 5 aromatic rings. The fourth-order valence-electron chi connectivity index (χ4n) is 4.63. The van der Waals surface area contributed by atoms with Crippen molar-refractivity contribution in [1.29, 1.82) is 0 Å². The Morgan fingerprint density at radius 1 is 0.722 bits per heavy atom. The molecule has 4 heteroatoms. The molecule has 1 unspecified atom stereocenters. The Bertz CT molecular complexity index is 1630. The molecule has 0 bridgehead atoms. The van der Waals surface area contributed by atoms with E-state index in [0.717, 1.165) is 21.7 Å². The molecule has 0 saturated carbocycles. The highest BCUT2D eigenvalue weighted by Crippen LogP contribution is 2.33. The van der Waals surface area contributed by atoms with Crippen LogP contribution < -0.4 is 0 Å². The molecule has 0 spiro atoms. The van der Waals surface area contributed by atoms with E-state index in [4.69, 9.17) is 9.47 Å². The van der Waals surface area contributed by atoms with Crippen LogP contribution in [0.15, 0.2) is 78.9 Å². The molecular formula is C32H30O4. The molecule has 4 nitrogen and oxygen atoms in total. The maximum atomic E-state index is 12.4. The summed E-state index contributed by atoms with van der Waals surface area (Å²) in [6.45, 7) is 7.00. The standard InChI is InChI=1S/C32H30O4/c1-5-20(2)31(34)35-19-30(33)36-32(3,4)29-11-10-23-14-26-15-24-12-21-8-6-7-9-22(21)13-25(24)16-27(26)17-28(23)18-29/h6-18,20H,5,19H2,1-4H3. The molecule has 0 radical (unpaired) electrons. The quantitative estimate of drug-likeness (QED) is 0.186. The zero-order valence-electron chi connectivity index (χ0n) is 21.1. The Morgan fingerprint density at radius 2 is 1.19 bits per heavy atom. The lowest BCUT2D eigenvalue weighted by atomic mass is 9.93. The lowest BCUT2D eigenvalue weighted by Crippen LogP contribution is -2.29. The first-order valence-corrected chi connectivity index (χ1v) is 12.4. The summed E-state index contributed by atoms with van der Waals surface area (Å²) in [5.74, 6) is -1.18. The van der Waals surface area contributed by atoms with Gasteiger partial charge in [-0.15, -0.1) is 0 Å². The number of hydrogen-bond donors (Lipinski definition) is 0. The summed E-state index contributed by atoms with van der Waals surface area (Å²) >= 11 is 0. The van der Waals surface area contributed by atoms with Gasteiger partial charge in [-0.2, -0.15) is 0 Å². The van der Waals surface area contributed by atoms with E-state index in [-0.39, 0.29) is 18.5 Å². The van der Waals surface area contributed by atoms with Crippen LogP contribution in [0.25, 0.3) is 43.1 Å². The van der Waals surface area contributed by atoms with Crippen LogP contribution in [0.5, 0.6) is 0 Å². The molecule has 5 aromatic carbocycles. The number of rotatable bonds is 6. The molecule has 0 aliphatic carbocycles. The smallest absolute Gasteiger partial charge is 0.345 e. The number of esters is 2. The van der Waals surface area contributed by atoms with Gasteiger partial charge in [0, 0.05) is 0 Å². The number of carbonyl (C=O) groups is 2. The molecule has 36 heavy (non-hydrogen) atoms. The van der Waals surface area contributed by atoms with E-state index < -0.39 is 11.6 Å². The average Bonchev–Trinajstić information content (AvgIpc) is 2.87. The van der Waals surface area contributed by atoms with Crippen molar-refractivity contribution in [2.75, 3.05) is 6.61 Å². The van der Waals surface area contributed by atoms with E-state index in [1.165, 1.54) is 26.9 Å². The summed E-state index contributed by atoms with van der Waals surface area (Å²) in [6, 6.07) is 27.9. The predicted octanol–water partition coefficient (Wildman–Crippen LogP) is 7.67. The molecule has 0 aromatic heterocycles. The molecule has 0 heterocycles. The number of hydrogen-bond acceptors (Lipinski definition) is 4. The fourth-order valence-corrected chi connectivity index (χ4v) is 4.63. The molecule has 0 aliphatic heterocycles. The van der Waals surface area contributed by atoms with Crippen LogP contribution in [0, 0.1) is 5.92 Å². The number of fused-ring (bicyclic) bond motifs is 4. The molecule has 1 atom stereocenters. The van der Waals surface area contributed by atoms with Crippen LogP contribution >= 0.6 is 0 Å². The van der Waals surface area contributed by atoms with Gasteiger partial charge in [-0.1, -0.05) is 50.2 Å². The third kappa shape index (κ3) is 4.64. The largest absolute Gasteiger partial charge is 0.453 e. The van der Waals surface area contributed by atoms with E-state index >= 15 is 0 Å². The predicted molar refractivity (Wildman–Crippen MR) is 146 cm³/mol. The summed E-state index contributed by atoms with van der Waals surface area (Å²) in [7, 11) is 0. The second-order valence-corrected chi connectivity index (χ2v) is 10.1. The van der Waals surface area contributed by atoms with Gasteiger partial charge in [-0.05, 0) is 111 Å². The minimum absolute atomic E-state index is 0.239. The third-order valence-electron chi connectivity index (χ3n) is 7.03. The highest BCUT2D eigenvalue weighted by Gasteiger charge is 2.26. The minimum Gasteiger partial charge on any atom is -0.453 e. The van der Waals surface area contributed by atoms with E-state index in [2.05, 4.69) is 72.8 Å². The van der Waals surface area contributed by atoms with Crippen molar-refractivity contribution in [1.82, 2.24) is 0 Å². The van der Waals surface area contributed by atoms with Crippen molar-refractivity contribution >= 4 is 55.0 Å². The van der Waals surface area contributed by atoms with Crippen molar-refractivity contribution in [3.05, 3.63) is 84.4 Å². The van der Waals surface area contributed by atoms with Crippen LogP contribution in [-0.2, 0) is 24.7 Å². The molecule has 0 fully saturated rings. The molecular weight excluding hydrogens is 448 g/mol. The normalized spacial score (nSPS) is 12.8. The first kappa shape index (κ1) is 23.8. The molecule has 0 saturated heterocycles. The fraction of sp³-hybridized carbons (Fsp3) is 0.250. The number of benzene rings is 5. The van der Waals surface area contributed by atoms with Gasteiger partial charge in [-0.3, -0.25) is 4.79 Å². The second kappa shape index (κ2) is 9.27. The van der Waals surface area contributed by atoms with Gasteiger partial charge in [0.25, 0.3) is 0 Å². The number of carbonyl (C=O) groups excluding carboxylic acids is 2. The average molecular weight is 479 g/mol. The first-order valence-electron chi connectivity index (χ1n) is 12.4. The van der Waals surface area contributed by atoms with E-state index in [9.17, 15) is 9.59 Å². The Labute approximate surface area is 210 Å². The topological polar surface area (TPSA) is 52.6 Å². The Kier molecular flexibility index (Phi) is 6.13. The first-order chi connectivity index (χ1) is 17.2. The summed E-state index contributed by atoms with van der Waals surface area (Å²) in [6.07, 6.45) is 0.664. The lowest BCUT2D eigenvalue weighted by Gasteiger charge is -2.26. The zero-order valence-corrected chi connectivity index (χ0v) is 21.1.